The van der Waals surface area contributed by atoms with Crippen LogP contribution in [0, 0.1) is 5.82 Å². The van der Waals surface area contributed by atoms with Crippen LogP contribution in [0.2, 0.25) is 10.0 Å². The molecule has 216 valence electrons. The highest BCUT2D eigenvalue weighted by molar-refractivity contribution is 7.77. The molecule has 0 radical (unpaired) electrons. The number of carbonyl (C=O) groups excluding carboxylic acids is 2. The summed E-state index contributed by atoms with van der Waals surface area (Å²) in [5.74, 6) is -2.82. The molecule has 2 amide bonds. The van der Waals surface area contributed by atoms with E-state index in [4.69, 9.17) is 28.0 Å². The lowest BCUT2D eigenvalue weighted by molar-refractivity contribution is -0.138. The predicted octanol–water partition coefficient (Wildman–Crippen LogP) is 5.09. The molecule has 1 unspecified atom stereocenters. The van der Waals surface area contributed by atoms with Gasteiger partial charge in [-0.1, -0.05) is 54.2 Å². The van der Waals surface area contributed by atoms with Crippen LogP contribution in [0.1, 0.15) is 64.8 Å². The molecule has 9 nitrogen and oxygen atoms in total. The Morgan fingerprint density at radius 3 is 2.63 bits per heavy atom. The van der Waals surface area contributed by atoms with Gasteiger partial charge in [0.15, 0.2) is 0 Å². The molecule has 2 aromatic carbocycles. The zero-order valence-corrected chi connectivity index (χ0v) is 24.0. The van der Waals surface area contributed by atoms with Crippen molar-refractivity contribution in [2.24, 2.45) is 0 Å². The summed E-state index contributed by atoms with van der Waals surface area (Å²) in [6.45, 7) is -0.0124. The molecule has 1 fully saturated rings. The Balaban J connectivity index is 1.61. The monoisotopic (exact) mass is 620 g/mol. The molecule has 3 aromatic rings. The van der Waals surface area contributed by atoms with E-state index in [0.717, 1.165) is 18.9 Å². The molecule has 41 heavy (non-hydrogen) atoms. The van der Waals surface area contributed by atoms with Gasteiger partial charge in [0.1, 0.15) is 12.4 Å². The van der Waals surface area contributed by atoms with Crippen molar-refractivity contribution in [3.8, 4) is 0 Å². The van der Waals surface area contributed by atoms with Gasteiger partial charge in [-0.05, 0) is 60.4 Å². The molecule has 5 rings (SSSR count). The molecule has 13 heteroatoms. The van der Waals surface area contributed by atoms with Gasteiger partial charge >= 0.3 is 0 Å². The molecule has 2 aliphatic rings. The maximum Gasteiger partial charge on any atom is 0.255 e. The van der Waals surface area contributed by atoms with Gasteiger partial charge in [0.2, 0.25) is 11.3 Å². The summed E-state index contributed by atoms with van der Waals surface area (Å²) < 4.78 is 38.6. The molecule has 1 aromatic heterocycles. The normalized spacial score (nSPS) is 23.1. The molecule has 1 saturated carbocycles. The minimum atomic E-state index is -2.35. The van der Waals surface area contributed by atoms with Crippen LogP contribution in [0.15, 0.2) is 60.8 Å². The fourth-order valence-corrected chi connectivity index (χ4v) is 6.79. The van der Waals surface area contributed by atoms with E-state index in [-0.39, 0.29) is 17.2 Å². The molecule has 0 spiro atoms. The van der Waals surface area contributed by atoms with Gasteiger partial charge in [0.05, 0.1) is 17.7 Å². The largest absolute Gasteiger partial charge is 0.326 e. The van der Waals surface area contributed by atoms with Crippen LogP contribution in [0.3, 0.4) is 0 Å². The van der Waals surface area contributed by atoms with Gasteiger partial charge in [-0.2, -0.15) is 0 Å². The number of nitrogens with zero attached hydrogens (tertiary/aromatic N) is 2. The summed E-state index contributed by atoms with van der Waals surface area (Å²) in [5, 5.41) is 0.589. The van der Waals surface area contributed by atoms with E-state index in [1.165, 1.54) is 23.1 Å². The van der Waals surface area contributed by atoms with E-state index in [1.54, 1.807) is 36.5 Å². The number of amides is 2. The lowest BCUT2D eigenvalue weighted by Gasteiger charge is -2.49. The quantitative estimate of drug-likeness (QED) is 0.238. The summed E-state index contributed by atoms with van der Waals surface area (Å²) >= 11 is 10.5. The van der Waals surface area contributed by atoms with E-state index in [0.29, 0.717) is 34.7 Å². The van der Waals surface area contributed by atoms with Gasteiger partial charge in [-0.25, -0.2) is 18.8 Å². The van der Waals surface area contributed by atoms with Crippen LogP contribution in [-0.2, 0) is 27.5 Å². The second kappa shape index (κ2) is 12.9. The van der Waals surface area contributed by atoms with Gasteiger partial charge in [0, 0.05) is 33.9 Å². The average molecular weight is 622 g/mol. The third kappa shape index (κ3) is 6.45. The van der Waals surface area contributed by atoms with Crippen LogP contribution < -0.4 is 10.2 Å². The first-order valence-electron chi connectivity index (χ1n) is 13.0. The van der Waals surface area contributed by atoms with Gasteiger partial charge in [-0.3, -0.25) is 24.0 Å². The minimum Gasteiger partial charge on any atom is -0.326 e. The predicted molar refractivity (Wildman–Crippen MR) is 152 cm³/mol. The van der Waals surface area contributed by atoms with Gasteiger partial charge < -0.3 is 4.90 Å². The zero-order valence-electron chi connectivity index (χ0n) is 21.6. The van der Waals surface area contributed by atoms with E-state index >= 15 is 0 Å². The van der Waals surface area contributed by atoms with Crippen LogP contribution in [-0.4, -0.2) is 42.5 Å². The highest BCUT2D eigenvalue weighted by Crippen LogP contribution is 2.48. The topological polar surface area (TPSA) is 121 Å². The van der Waals surface area contributed by atoms with E-state index in [9.17, 15) is 22.7 Å². The number of carbonyl (C=O) groups is 2. The van der Waals surface area contributed by atoms with Crippen LogP contribution >= 0.6 is 23.2 Å². The Hall–Kier alpha value is -2.93. The van der Waals surface area contributed by atoms with E-state index in [1.807, 2.05) is 0 Å². The number of hydrogen-bond acceptors (Lipinski definition) is 5. The first-order valence-corrected chi connectivity index (χ1v) is 14.9. The first-order chi connectivity index (χ1) is 19.7. The Labute approximate surface area is 248 Å². The van der Waals surface area contributed by atoms with Crippen molar-refractivity contribution < 1.29 is 27.6 Å². The summed E-state index contributed by atoms with van der Waals surface area (Å²) in [6, 6.07) is 11.6. The molecule has 3 N–H and O–H groups in total. The Morgan fingerprint density at radius 1 is 1.12 bits per heavy atom. The van der Waals surface area contributed by atoms with Crippen molar-refractivity contribution in [2.45, 2.75) is 56.3 Å². The van der Waals surface area contributed by atoms with Crippen LogP contribution in [0.5, 0.6) is 0 Å². The molecule has 0 bridgehead atoms. The molecule has 0 saturated heterocycles. The third-order valence-corrected chi connectivity index (χ3v) is 8.52. The highest BCUT2D eigenvalue weighted by atomic mass is 35.5. The number of pyridine rings is 1. The summed E-state index contributed by atoms with van der Waals surface area (Å²) in [4.78, 5) is 39.3. The number of rotatable bonds is 8. The molecular weight excluding hydrogens is 594 g/mol. The first kappa shape index (κ1) is 29.6. The standard InChI is InChI=1S/C28H27Cl2FN4O5S/c29-16-8-10-20(22(30)13-16)26-25(27(36)33-40-15-18-5-3-4-12-32-18)19-11-9-17(31)14-21(19)28(37)35(26)24-7-2-1-6-23(24)34-41(38)39/h3-5,8-14,23-26,34H,1-2,6-7,15H2,(H,33,36)(H,38,39)/t23-,24-,25+,26-/m0/s1. The zero-order chi connectivity index (χ0) is 29.1. The van der Waals surface area contributed by atoms with Crippen molar-refractivity contribution in [3.63, 3.8) is 0 Å². The van der Waals surface area contributed by atoms with Crippen molar-refractivity contribution in [1.29, 1.82) is 0 Å². The van der Waals surface area contributed by atoms with Crippen molar-refractivity contribution >= 4 is 46.3 Å². The molecule has 1 aliphatic carbocycles. The number of nitrogens with one attached hydrogen (secondary N) is 2. The second-order valence-corrected chi connectivity index (χ2v) is 11.5. The lowest BCUT2D eigenvalue weighted by atomic mass is 9.76. The van der Waals surface area contributed by atoms with Gasteiger partial charge in [-0.15, -0.1) is 0 Å². The van der Waals surface area contributed by atoms with Crippen molar-refractivity contribution in [1.82, 2.24) is 20.1 Å². The number of hydroxylamine groups is 1. The Bertz CT molecular complexity index is 1470. The smallest absolute Gasteiger partial charge is 0.255 e. The fourth-order valence-electron chi connectivity index (χ4n) is 5.73. The summed E-state index contributed by atoms with van der Waals surface area (Å²) in [7, 11) is 0. The SMILES string of the molecule is O=C(NOCc1ccccn1)[C@@H]1c2ccc(F)cc2C(=O)N([C@H]2CCCC[C@@H]2NS(=O)O)[C@H]1c1ccc(Cl)cc1Cl. The second-order valence-electron chi connectivity index (χ2n) is 9.93. The Kier molecular flexibility index (Phi) is 9.32. The number of halogens is 3. The van der Waals surface area contributed by atoms with Crippen molar-refractivity contribution in [3.05, 3.63) is 99.0 Å². The number of benzene rings is 2. The molecule has 1 aliphatic heterocycles. The number of fused-ring (bicyclic) bond motifs is 1. The third-order valence-electron chi connectivity index (χ3n) is 7.45. The Morgan fingerprint density at radius 2 is 1.90 bits per heavy atom. The maximum atomic E-state index is 14.5. The highest BCUT2D eigenvalue weighted by Gasteiger charge is 2.49. The number of aromatic nitrogens is 1. The average Bonchev–Trinajstić information content (AvgIpc) is 2.94. The molecule has 5 atom stereocenters. The molecule has 2 heterocycles. The minimum absolute atomic E-state index is 0.0124. The summed E-state index contributed by atoms with van der Waals surface area (Å²) in [6.07, 6.45) is 4.12. The lowest BCUT2D eigenvalue weighted by Crippen LogP contribution is -2.58. The van der Waals surface area contributed by atoms with Crippen LogP contribution in [0.4, 0.5) is 4.39 Å². The maximum absolute atomic E-state index is 14.5. The van der Waals surface area contributed by atoms with E-state index < -0.39 is 52.9 Å². The number of hydrogen-bond donors (Lipinski definition) is 3. The molecular formula is C28H27Cl2FN4O5S. The van der Waals surface area contributed by atoms with Crippen molar-refractivity contribution in [2.75, 3.05) is 0 Å². The van der Waals surface area contributed by atoms with Gasteiger partial charge in [0.25, 0.3) is 11.8 Å². The summed E-state index contributed by atoms with van der Waals surface area (Å²) in [5.41, 5.74) is 3.83. The fraction of sp³-hybridized carbons (Fsp3) is 0.321. The van der Waals surface area contributed by atoms with Crippen LogP contribution in [0.25, 0.3) is 0 Å². The van der Waals surface area contributed by atoms with E-state index in [2.05, 4.69) is 15.2 Å².